The van der Waals surface area contributed by atoms with Crippen molar-refractivity contribution in [2.45, 2.75) is 43.8 Å². The minimum atomic E-state index is -1.14. The number of aromatic amines is 1. The number of aliphatic carboxylic acids is 1. The third kappa shape index (κ3) is 7.56. The molecule has 0 fully saturated rings. The second-order valence-corrected chi connectivity index (χ2v) is 9.17. The number of nitrogens with one attached hydrogen (secondary N) is 2. The third-order valence-electron chi connectivity index (χ3n) is 6.39. The minimum Gasteiger partial charge on any atom is -0.480 e. The van der Waals surface area contributed by atoms with Crippen LogP contribution in [0.25, 0.3) is 10.9 Å². The number of likely N-dealkylation sites (N-methyl/N-ethyl adjacent to an activating group) is 1. The molecule has 0 bridgehead atoms. The number of nitrogens with two attached hydrogens (primary N) is 3. The van der Waals surface area contributed by atoms with Crippen molar-refractivity contribution in [1.29, 1.82) is 0 Å². The van der Waals surface area contributed by atoms with Crippen LogP contribution >= 0.6 is 0 Å². The van der Waals surface area contributed by atoms with Gasteiger partial charge in [-0.1, -0.05) is 48.5 Å². The predicted molar refractivity (Wildman–Crippen MR) is 146 cm³/mol. The van der Waals surface area contributed by atoms with Crippen LogP contribution in [0.5, 0.6) is 0 Å². The second-order valence-electron chi connectivity index (χ2n) is 9.17. The number of carbonyl (C=O) groups is 3. The van der Waals surface area contributed by atoms with Crippen LogP contribution in [0, 0.1) is 0 Å². The fourth-order valence-electron chi connectivity index (χ4n) is 4.28. The first kappa shape index (κ1) is 28.2. The van der Waals surface area contributed by atoms with Gasteiger partial charge in [0.05, 0.1) is 6.04 Å². The Morgan fingerprint density at radius 3 is 2.42 bits per heavy atom. The second kappa shape index (κ2) is 13.2. The number of fused-ring (bicyclic) bond motifs is 1. The molecule has 2 amide bonds. The lowest BCUT2D eigenvalue weighted by Gasteiger charge is -2.30. The Labute approximate surface area is 221 Å². The summed E-state index contributed by atoms with van der Waals surface area (Å²) >= 11 is 0. The topological polar surface area (TPSA) is 193 Å². The van der Waals surface area contributed by atoms with Gasteiger partial charge in [-0.2, -0.15) is 0 Å². The lowest BCUT2D eigenvalue weighted by atomic mass is 10.0. The number of nitrogens with zero attached hydrogens (tertiary/aromatic N) is 2. The van der Waals surface area contributed by atoms with Crippen molar-refractivity contribution in [3.05, 3.63) is 71.9 Å². The maximum atomic E-state index is 13.7. The average molecular weight is 522 g/mol. The lowest BCUT2D eigenvalue weighted by Crippen LogP contribution is -2.56. The first-order chi connectivity index (χ1) is 18.2. The van der Waals surface area contributed by atoms with Gasteiger partial charge in [0, 0.05) is 43.5 Å². The Balaban J connectivity index is 1.81. The van der Waals surface area contributed by atoms with Gasteiger partial charge in [-0.25, -0.2) is 4.79 Å². The maximum absolute atomic E-state index is 13.7. The van der Waals surface area contributed by atoms with Gasteiger partial charge in [0.25, 0.3) is 0 Å². The number of guanidine groups is 1. The highest BCUT2D eigenvalue weighted by Crippen LogP contribution is 2.20. The molecule has 0 aliphatic carbocycles. The van der Waals surface area contributed by atoms with E-state index < -0.39 is 35.9 Å². The molecular formula is C27H35N7O4. The minimum absolute atomic E-state index is 0.0427. The number of hydrogen-bond acceptors (Lipinski definition) is 5. The number of aliphatic imine (C=N–C) groups is 1. The SMILES string of the molecule is CN(C(=O)[C@@H](Cc1c[nH]c2ccccc12)NC(=O)[C@@H](N)CCCN=C(N)N)[C@@H](Cc1ccccc1)C(=O)O. The molecule has 11 nitrogen and oxygen atoms in total. The van der Waals surface area contributed by atoms with Crippen LogP contribution in [0.2, 0.25) is 0 Å². The molecule has 38 heavy (non-hydrogen) atoms. The third-order valence-corrected chi connectivity index (χ3v) is 6.39. The van der Waals surface area contributed by atoms with Gasteiger partial charge in [0.15, 0.2) is 5.96 Å². The van der Waals surface area contributed by atoms with Gasteiger partial charge >= 0.3 is 5.97 Å². The number of amides is 2. The summed E-state index contributed by atoms with van der Waals surface area (Å²) in [7, 11) is 1.44. The van der Waals surface area contributed by atoms with Crippen LogP contribution in [-0.2, 0) is 27.2 Å². The summed E-state index contributed by atoms with van der Waals surface area (Å²) in [6.45, 7) is 0.323. The van der Waals surface area contributed by atoms with Crippen molar-refractivity contribution in [3.63, 3.8) is 0 Å². The molecule has 3 aromatic rings. The number of H-pyrrole nitrogens is 1. The molecule has 202 valence electrons. The number of carboxylic acids is 1. The Hall–Kier alpha value is -4.38. The highest BCUT2D eigenvalue weighted by molar-refractivity contribution is 5.93. The number of hydrogen-bond donors (Lipinski definition) is 6. The van der Waals surface area contributed by atoms with E-state index in [2.05, 4.69) is 15.3 Å². The van der Waals surface area contributed by atoms with E-state index in [0.717, 1.165) is 22.0 Å². The Bertz CT molecular complexity index is 1270. The molecule has 0 aliphatic heterocycles. The molecule has 3 rings (SSSR count). The predicted octanol–water partition coefficient (Wildman–Crippen LogP) is 0.730. The number of aromatic nitrogens is 1. The molecule has 1 heterocycles. The van der Waals surface area contributed by atoms with Crippen molar-refractivity contribution in [2.75, 3.05) is 13.6 Å². The van der Waals surface area contributed by atoms with Gasteiger partial charge in [-0.15, -0.1) is 0 Å². The van der Waals surface area contributed by atoms with E-state index >= 15 is 0 Å². The monoisotopic (exact) mass is 521 g/mol. The number of rotatable bonds is 13. The Kier molecular flexibility index (Phi) is 9.83. The van der Waals surface area contributed by atoms with Crippen LogP contribution < -0.4 is 22.5 Å². The van der Waals surface area contributed by atoms with E-state index in [1.807, 2.05) is 42.5 Å². The zero-order chi connectivity index (χ0) is 27.7. The highest BCUT2D eigenvalue weighted by atomic mass is 16.4. The molecule has 0 spiro atoms. The van der Waals surface area contributed by atoms with Gasteiger partial charge in [-0.05, 0) is 30.0 Å². The molecule has 2 aromatic carbocycles. The van der Waals surface area contributed by atoms with Gasteiger partial charge < -0.3 is 37.5 Å². The molecule has 0 unspecified atom stereocenters. The largest absolute Gasteiger partial charge is 0.480 e. The van der Waals surface area contributed by atoms with E-state index in [-0.39, 0.29) is 18.8 Å². The Morgan fingerprint density at radius 1 is 1.05 bits per heavy atom. The van der Waals surface area contributed by atoms with Gasteiger partial charge in [0.2, 0.25) is 11.8 Å². The van der Waals surface area contributed by atoms with Crippen molar-refractivity contribution in [2.24, 2.45) is 22.2 Å². The first-order valence-corrected chi connectivity index (χ1v) is 12.4. The molecule has 1 aromatic heterocycles. The molecule has 0 aliphatic rings. The van der Waals surface area contributed by atoms with E-state index in [4.69, 9.17) is 17.2 Å². The first-order valence-electron chi connectivity index (χ1n) is 12.4. The van der Waals surface area contributed by atoms with E-state index in [9.17, 15) is 19.5 Å². The zero-order valence-corrected chi connectivity index (χ0v) is 21.3. The number of carboxylic acid groups (broad SMARTS) is 1. The molecular weight excluding hydrogens is 486 g/mol. The fourth-order valence-corrected chi connectivity index (χ4v) is 4.28. The van der Waals surface area contributed by atoms with Crippen LogP contribution in [0.1, 0.15) is 24.0 Å². The van der Waals surface area contributed by atoms with Crippen molar-refractivity contribution in [1.82, 2.24) is 15.2 Å². The summed E-state index contributed by atoms with van der Waals surface area (Å²) in [5, 5.41) is 13.6. The van der Waals surface area contributed by atoms with E-state index in [0.29, 0.717) is 19.4 Å². The molecule has 0 saturated carbocycles. The van der Waals surface area contributed by atoms with Crippen LogP contribution in [-0.4, -0.2) is 70.5 Å². The normalized spacial score (nSPS) is 13.3. The summed E-state index contributed by atoms with van der Waals surface area (Å²) in [6.07, 6.45) is 2.84. The number of carbonyl (C=O) groups excluding carboxylic acids is 2. The molecule has 11 heteroatoms. The van der Waals surface area contributed by atoms with Crippen LogP contribution in [0.4, 0.5) is 0 Å². The summed E-state index contributed by atoms with van der Waals surface area (Å²) in [5.74, 6) is -2.23. The van der Waals surface area contributed by atoms with Crippen molar-refractivity contribution in [3.8, 4) is 0 Å². The molecule has 0 radical (unpaired) electrons. The zero-order valence-electron chi connectivity index (χ0n) is 21.3. The number of para-hydroxylation sites is 1. The van der Waals surface area contributed by atoms with Crippen LogP contribution in [0.3, 0.4) is 0 Å². The lowest BCUT2D eigenvalue weighted by molar-refractivity contribution is -0.150. The van der Waals surface area contributed by atoms with Gasteiger partial charge in [-0.3, -0.25) is 14.6 Å². The molecule has 3 atom stereocenters. The summed E-state index contributed by atoms with van der Waals surface area (Å²) in [4.78, 5) is 47.0. The Morgan fingerprint density at radius 2 is 1.74 bits per heavy atom. The van der Waals surface area contributed by atoms with Crippen molar-refractivity contribution < 1.29 is 19.5 Å². The van der Waals surface area contributed by atoms with Crippen molar-refractivity contribution >= 4 is 34.6 Å². The quantitative estimate of drug-likeness (QED) is 0.108. The maximum Gasteiger partial charge on any atom is 0.326 e. The standard InChI is InChI=1S/C27H35N7O4/c1-34(23(26(37)38)14-17-8-3-2-4-9-17)25(36)22(15-18-16-32-21-12-6-5-10-19(18)21)33-24(35)20(28)11-7-13-31-27(29)30/h2-6,8-10,12,16,20,22-23,32H,7,11,13-15,28H2,1H3,(H,33,35)(H,37,38)(H4,29,30,31)/t20-,22+,23-/m0/s1. The molecule has 9 N–H and O–H groups in total. The smallest absolute Gasteiger partial charge is 0.326 e. The number of benzene rings is 2. The summed E-state index contributed by atoms with van der Waals surface area (Å²) in [6, 6.07) is 13.6. The average Bonchev–Trinajstić information content (AvgIpc) is 3.31. The van der Waals surface area contributed by atoms with E-state index in [1.54, 1.807) is 18.3 Å². The van der Waals surface area contributed by atoms with E-state index in [1.165, 1.54) is 11.9 Å². The van der Waals surface area contributed by atoms with Gasteiger partial charge in [0.1, 0.15) is 12.1 Å². The summed E-state index contributed by atoms with van der Waals surface area (Å²) in [5.41, 5.74) is 19.2. The van der Waals surface area contributed by atoms with Crippen LogP contribution in [0.15, 0.2) is 65.8 Å². The molecule has 0 saturated heterocycles. The summed E-state index contributed by atoms with van der Waals surface area (Å²) < 4.78 is 0. The highest BCUT2D eigenvalue weighted by Gasteiger charge is 2.33. The fraction of sp³-hybridized carbons (Fsp3) is 0.333.